The van der Waals surface area contributed by atoms with Gasteiger partial charge in [0.15, 0.2) is 0 Å². The van der Waals surface area contributed by atoms with Crippen molar-refractivity contribution in [3.63, 3.8) is 0 Å². The molecule has 0 spiro atoms. The van der Waals surface area contributed by atoms with E-state index in [0.29, 0.717) is 0 Å². The lowest BCUT2D eigenvalue weighted by Crippen LogP contribution is -2.28. The van der Waals surface area contributed by atoms with Gasteiger partial charge in [-0.05, 0) is 79.7 Å². The van der Waals surface area contributed by atoms with E-state index in [1.54, 1.807) is 13.2 Å². The van der Waals surface area contributed by atoms with Crippen molar-refractivity contribution in [1.29, 1.82) is 0 Å². The van der Waals surface area contributed by atoms with Gasteiger partial charge in [0.1, 0.15) is 5.84 Å². The van der Waals surface area contributed by atoms with Gasteiger partial charge >= 0.3 is 0 Å². The molecule has 0 aromatic heterocycles. The van der Waals surface area contributed by atoms with Crippen molar-refractivity contribution in [3.8, 4) is 0 Å². The van der Waals surface area contributed by atoms with Crippen molar-refractivity contribution in [3.05, 3.63) is 132 Å². The fraction of sp³-hybridized carbons (Fsp3) is 0.341. The van der Waals surface area contributed by atoms with Crippen molar-refractivity contribution >= 4 is 28.6 Å². The maximum absolute atomic E-state index is 4.90. The number of allylic oxidation sites excluding steroid dienone is 6. The number of aliphatic imine (C=N–C) groups is 3. The monoisotopic (exact) mass is 613 g/mol. The summed E-state index contributed by atoms with van der Waals surface area (Å²) in [5.74, 6) is 0.820. The zero-order valence-electron chi connectivity index (χ0n) is 29.6. The van der Waals surface area contributed by atoms with E-state index in [4.69, 9.17) is 9.98 Å². The van der Waals surface area contributed by atoms with Crippen LogP contribution in [0.1, 0.15) is 72.4 Å². The van der Waals surface area contributed by atoms with Gasteiger partial charge in [-0.1, -0.05) is 96.5 Å². The molecule has 0 radical (unpaired) electrons. The third-order valence-corrected chi connectivity index (χ3v) is 8.68. The highest BCUT2D eigenvalue weighted by Gasteiger charge is 2.28. The van der Waals surface area contributed by atoms with Gasteiger partial charge in [-0.15, -0.1) is 0 Å². The summed E-state index contributed by atoms with van der Waals surface area (Å²) < 4.78 is 0. The molecule has 3 rings (SSSR count). The minimum absolute atomic E-state index is 0.248. The normalized spacial score (nSPS) is 14.3. The zero-order valence-corrected chi connectivity index (χ0v) is 29.6. The van der Waals surface area contributed by atoms with E-state index in [2.05, 4.69) is 132 Å². The Morgan fingerprint density at radius 3 is 1.54 bits per heavy atom. The van der Waals surface area contributed by atoms with E-state index < -0.39 is 0 Å². The lowest BCUT2D eigenvalue weighted by molar-refractivity contribution is 0.598. The quantitative estimate of drug-likeness (QED) is 0.128. The van der Waals surface area contributed by atoms with Gasteiger partial charge in [0.2, 0.25) is 0 Å². The van der Waals surface area contributed by atoms with Crippen LogP contribution in [-0.4, -0.2) is 48.2 Å². The van der Waals surface area contributed by atoms with Gasteiger partial charge in [-0.2, -0.15) is 0 Å². The van der Waals surface area contributed by atoms with Gasteiger partial charge in [-0.3, -0.25) is 9.98 Å². The highest BCUT2D eigenvalue weighted by Crippen LogP contribution is 2.38. The molecule has 0 atom stereocenters. The molecule has 5 nitrogen and oxygen atoms in total. The molecule has 0 saturated heterocycles. The Balaban J connectivity index is 1.87. The first-order chi connectivity index (χ1) is 21.8. The first-order valence-corrected chi connectivity index (χ1v) is 16.0. The van der Waals surface area contributed by atoms with E-state index in [9.17, 15) is 0 Å². The largest absolute Gasteiger partial charge is 0.350 e. The summed E-state index contributed by atoms with van der Waals surface area (Å²) in [5, 5.41) is 0. The van der Waals surface area contributed by atoms with E-state index >= 15 is 0 Å². The smallest absolute Gasteiger partial charge is 0.149 e. The molecule has 1 aliphatic rings. The van der Waals surface area contributed by atoms with E-state index in [0.717, 1.165) is 58.3 Å². The summed E-state index contributed by atoms with van der Waals surface area (Å²) in [4.78, 5) is 18.1. The zero-order chi connectivity index (χ0) is 34.1. The Kier molecular flexibility index (Phi) is 12.1. The Morgan fingerprint density at radius 1 is 0.761 bits per heavy atom. The Morgan fingerprint density at radius 2 is 1.20 bits per heavy atom. The van der Waals surface area contributed by atoms with Crippen LogP contribution in [0.4, 0.5) is 11.4 Å². The molecular weight excluding hydrogens is 562 g/mol. The summed E-state index contributed by atoms with van der Waals surface area (Å²) in [5.41, 5.74) is 15.7. The number of hydrogen-bond acceptors (Lipinski definition) is 4. The van der Waals surface area contributed by atoms with Crippen LogP contribution in [0.3, 0.4) is 0 Å². The Hall–Kier alpha value is -4.69. The first kappa shape index (κ1) is 35.8. The number of benzene rings is 2. The molecule has 240 valence electrons. The van der Waals surface area contributed by atoms with Crippen LogP contribution in [0, 0.1) is 0 Å². The van der Waals surface area contributed by atoms with Crippen LogP contribution < -0.4 is 0 Å². The molecule has 46 heavy (non-hydrogen) atoms. The molecule has 0 N–H and O–H groups in total. The number of amidine groups is 1. The minimum atomic E-state index is -0.254. The van der Waals surface area contributed by atoms with Crippen LogP contribution in [0.25, 0.3) is 0 Å². The van der Waals surface area contributed by atoms with Crippen LogP contribution >= 0.6 is 0 Å². The van der Waals surface area contributed by atoms with Crippen molar-refractivity contribution in [1.82, 2.24) is 9.80 Å². The Labute approximate surface area is 277 Å². The highest BCUT2D eigenvalue weighted by atomic mass is 15.2. The third kappa shape index (κ3) is 8.12. The lowest BCUT2D eigenvalue weighted by Gasteiger charge is -2.29. The van der Waals surface area contributed by atoms with Crippen molar-refractivity contribution in [2.24, 2.45) is 15.0 Å². The fourth-order valence-corrected chi connectivity index (χ4v) is 5.37. The maximum Gasteiger partial charge on any atom is 0.149 e. The maximum atomic E-state index is 4.90. The molecule has 0 saturated carbocycles. The average Bonchev–Trinajstić information content (AvgIpc) is 3.07. The SMILES string of the molecule is C=CN(C)C(=N/C)/C(CC)=N/c1ccc(C(C)(C)C2=C=C=C(C(C)(C)c3ccc(/N=C(\CC)C(=C)N(C)/C=C\C)cc3)C=C2)cc1. The minimum Gasteiger partial charge on any atom is -0.350 e. The second-order valence-electron chi connectivity index (χ2n) is 12.5. The van der Waals surface area contributed by atoms with Gasteiger partial charge in [0.25, 0.3) is 0 Å². The Bertz CT molecular complexity index is 1680. The van der Waals surface area contributed by atoms with Crippen LogP contribution in [0.5, 0.6) is 0 Å². The standard InChI is InChI=1S/C41H51N5/c1-13-29-46(12)30(5)37(14-2)43-35-25-21-33(22-26-35)40(6,7)31-17-19-32(20-18-31)41(8,9)34-23-27-36(28-24-34)44-38(15-3)39(42-10)45(11)16-4/h13,16-17,19,21-29H,4-5,14-15H2,1-3,6-12H3/b29-13-,42-39+,43-37+,44-38+. The number of rotatable bonds is 13. The van der Waals surface area contributed by atoms with Gasteiger partial charge < -0.3 is 9.80 Å². The molecule has 1 aliphatic carbocycles. The molecule has 5 heteroatoms. The van der Waals surface area contributed by atoms with Crippen molar-refractivity contribution < 1.29 is 0 Å². The molecule has 0 amide bonds. The van der Waals surface area contributed by atoms with Crippen LogP contribution in [0.15, 0.2) is 136 Å². The molecule has 0 fully saturated rings. The molecule has 0 unspecified atom stereocenters. The van der Waals surface area contributed by atoms with E-state index in [1.807, 2.05) is 43.1 Å². The first-order valence-electron chi connectivity index (χ1n) is 16.0. The number of nitrogens with zero attached hydrogens (tertiary/aromatic N) is 5. The van der Waals surface area contributed by atoms with Crippen LogP contribution in [0.2, 0.25) is 0 Å². The molecule has 2 aromatic rings. The van der Waals surface area contributed by atoms with Gasteiger partial charge in [0.05, 0.1) is 28.5 Å². The fourth-order valence-electron chi connectivity index (χ4n) is 5.37. The second kappa shape index (κ2) is 15.5. The summed E-state index contributed by atoms with van der Waals surface area (Å²) in [7, 11) is 5.71. The van der Waals surface area contributed by atoms with Gasteiger partial charge in [0, 0.05) is 43.1 Å². The van der Waals surface area contributed by atoms with Crippen LogP contribution in [-0.2, 0) is 10.8 Å². The van der Waals surface area contributed by atoms with E-state index in [1.165, 1.54) is 11.1 Å². The lowest BCUT2D eigenvalue weighted by atomic mass is 9.74. The molecule has 0 aliphatic heterocycles. The number of hydrogen-bond donors (Lipinski definition) is 0. The average molecular weight is 614 g/mol. The summed E-state index contributed by atoms with van der Waals surface area (Å²) in [6, 6.07) is 16.9. The molecule has 2 aromatic carbocycles. The predicted octanol–water partition coefficient (Wildman–Crippen LogP) is 10.2. The topological polar surface area (TPSA) is 43.6 Å². The highest BCUT2D eigenvalue weighted by molar-refractivity contribution is 6.41. The molecule has 0 bridgehead atoms. The molecule has 0 heterocycles. The third-order valence-electron chi connectivity index (χ3n) is 8.68. The van der Waals surface area contributed by atoms with E-state index in [-0.39, 0.29) is 10.8 Å². The summed E-state index contributed by atoms with van der Waals surface area (Å²) in [6.45, 7) is 23.2. The summed E-state index contributed by atoms with van der Waals surface area (Å²) in [6.07, 6.45) is 11.7. The van der Waals surface area contributed by atoms with Crippen molar-refractivity contribution in [2.45, 2.75) is 72.1 Å². The van der Waals surface area contributed by atoms with Crippen molar-refractivity contribution in [2.75, 3.05) is 21.1 Å². The molecular formula is C41H51N5. The predicted molar refractivity (Wildman–Crippen MR) is 200 cm³/mol. The van der Waals surface area contributed by atoms with Gasteiger partial charge in [-0.25, -0.2) is 4.99 Å². The second-order valence-corrected chi connectivity index (χ2v) is 12.5. The summed E-state index contributed by atoms with van der Waals surface area (Å²) >= 11 is 0.